The number of ether oxygens (including phenoxy) is 4. The summed E-state index contributed by atoms with van der Waals surface area (Å²) in [6.07, 6.45) is 1.27. The van der Waals surface area contributed by atoms with Crippen molar-refractivity contribution in [1.29, 1.82) is 0 Å². The zero-order valence-electron chi connectivity index (χ0n) is 19.6. The van der Waals surface area contributed by atoms with Gasteiger partial charge in [-0.3, -0.25) is 9.59 Å². The van der Waals surface area contributed by atoms with Gasteiger partial charge in [0, 0.05) is 12.8 Å². The van der Waals surface area contributed by atoms with E-state index in [0.29, 0.717) is 24.3 Å². The molecule has 3 aromatic rings. The molecule has 0 unspecified atom stereocenters. The molecule has 0 aliphatic heterocycles. The average Bonchev–Trinajstić information content (AvgIpc) is 2.88. The lowest BCUT2D eigenvalue weighted by Crippen LogP contribution is -2.31. The van der Waals surface area contributed by atoms with Gasteiger partial charge in [-0.05, 0) is 35.2 Å². The van der Waals surface area contributed by atoms with Crippen LogP contribution in [0.15, 0.2) is 78.9 Å². The lowest BCUT2D eigenvalue weighted by molar-refractivity contribution is -0.162. The molecule has 0 N–H and O–H groups in total. The molecule has 0 fully saturated rings. The van der Waals surface area contributed by atoms with Gasteiger partial charge in [0.05, 0.1) is 27.4 Å². The first-order valence-electron chi connectivity index (χ1n) is 11.2. The van der Waals surface area contributed by atoms with E-state index in [1.165, 1.54) is 7.11 Å². The second kappa shape index (κ2) is 13.0. The minimum atomic E-state index is -1.08. The smallest absolute Gasteiger partial charge is 0.320 e. The molecule has 0 saturated heterocycles. The highest BCUT2D eigenvalue weighted by Crippen LogP contribution is 2.29. The summed E-state index contributed by atoms with van der Waals surface area (Å²) in [5.74, 6) is -1.19. The van der Waals surface area contributed by atoms with E-state index in [1.807, 2.05) is 60.7 Å². The van der Waals surface area contributed by atoms with Crippen molar-refractivity contribution in [3.8, 4) is 11.5 Å². The number of benzene rings is 3. The Kier molecular flexibility index (Phi) is 9.52. The van der Waals surface area contributed by atoms with Crippen LogP contribution in [-0.4, -0.2) is 39.4 Å². The third-order valence-corrected chi connectivity index (χ3v) is 5.41. The van der Waals surface area contributed by atoms with Crippen LogP contribution in [0, 0.1) is 5.92 Å². The number of hydrogen-bond donors (Lipinski definition) is 0. The van der Waals surface area contributed by atoms with E-state index >= 15 is 0 Å². The van der Waals surface area contributed by atoms with Crippen molar-refractivity contribution < 1.29 is 28.5 Å². The average molecular weight is 463 g/mol. The summed E-state index contributed by atoms with van der Waals surface area (Å²) in [6, 6.07) is 24.7. The van der Waals surface area contributed by atoms with E-state index in [9.17, 15) is 9.59 Å². The van der Waals surface area contributed by atoms with E-state index in [1.54, 1.807) is 25.3 Å². The fourth-order valence-corrected chi connectivity index (χ4v) is 3.54. The molecule has 0 amide bonds. The van der Waals surface area contributed by atoms with E-state index in [4.69, 9.17) is 18.9 Å². The topological polar surface area (TPSA) is 71.1 Å². The molecule has 3 aromatic carbocycles. The number of rotatable bonds is 12. The van der Waals surface area contributed by atoms with Crippen molar-refractivity contribution in [3.63, 3.8) is 0 Å². The molecule has 0 bridgehead atoms. The highest BCUT2D eigenvalue weighted by Gasteiger charge is 2.30. The first-order valence-corrected chi connectivity index (χ1v) is 11.2. The van der Waals surface area contributed by atoms with Crippen molar-refractivity contribution in [1.82, 2.24) is 0 Å². The van der Waals surface area contributed by atoms with Crippen molar-refractivity contribution in [2.24, 2.45) is 5.92 Å². The van der Waals surface area contributed by atoms with E-state index in [-0.39, 0.29) is 19.6 Å². The second-order valence-corrected chi connectivity index (χ2v) is 7.75. The van der Waals surface area contributed by atoms with Crippen molar-refractivity contribution in [2.75, 3.05) is 27.4 Å². The predicted octanol–water partition coefficient (Wildman–Crippen LogP) is 4.43. The van der Waals surface area contributed by atoms with E-state index < -0.39 is 17.9 Å². The predicted molar refractivity (Wildman–Crippen MR) is 129 cm³/mol. The Labute approximate surface area is 200 Å². The quantitative estimate of drug-likeness (QED) is 0.293. The standard InChI is InChI=1S/C28H30O6/c1-31-25-14-13-23(20-26(25)32-2)19-24(27(29)33-17-15-21-9-5-3-6-10-21)28(30)34-18-16-22-11-7-4-8-12-22/h3-14,20,24H,15-19H2,1-2H3. The molecule has 0 spiro atoms. The third kappa shape index (κ3) is 7.37. The van der Waals surface area contributed by atoms with Gasteiger partial charge in [-0.1, -0.05) is 66.7 Å². The molecular formula is C28H30O6. The van der Waals surface area contributed by atoms with Crippen LogP contribution in [-0.2, 0) is 38.3 Å². The summed E-state index contributed by atoms with van der Waals surface area (Å²) >= 11 is 0. The maximum Gasteiger partial charge on any atom is 0.320 e. The molecule has 3 rings (SSSR count). The fourth-order valence-electron chi connectivity index (χ4n) is 3.54. The lowest BCUT2D eigenvalue weighted by Gasteiger charge is -2.17. The van der Waals surface area contributed by atoms with Gasteiger partial charge < -0.3 is 18.9 Å². The fraction of sp³-hybridized carbons (Fsp3) is 0.286. The first-order chi connectivity index (χ1) is 16.6. The molecule has 6 nitrogen and oxygen atoms in total. The second-order valence-electron chi connectivity index (χ2n) is 7.75. The molecule has 178 valence electrons. The van der Waals surface area contributed by atoms with Crippen LogP contribution in [0.4, 0.5) is 0 Å². The van der Waals surface area contributed by atoms with Crippen molar-refractivity contribution >= 4 is 11.9 Å². The Morgan fingerprint density at radius 3 is 1.62 bits per heavy atom. The maximum absolute atomic E-state index is 12.9. The molecule has 0 aliphatic rings. The van der Waals surface area contributed by atoms with E-state index in [2.05, 4.69) is 0 Å². The number of hydrogen-bond acceptors (Lipinski definition) is 6. The molecule has 0 saturated carbocycles. The van der Waals surface area contributed by atoms with Gasteiger partial charge in [0.1, 0.15) is 0 Å². The van der Waals surface area contributed by atoms with Gasteiger partial charge in [0.15, 0.2) is 17.4 Å². The first kappa shape index (κ1) is 24.8. The summed E-state index contributed by atoms with van der Waals surface area (Å²) in [5, 5.41) is 0. The van der Waals surface area contributed by atoms with Crippen LogP contribution in [0.3, 0.4) is 0 Å². The van der Waals surface area contributed by atoms with Gasteiger partial charge in [-0.25, -0.2) is 0 Å². The summed E-state index contributed by atoms with van der Waals surface area (Å²) in [4.78, 5) is 25.8. The number of esters is 2. The lowest BCUT2D eigenvalue weighted by atomic mass is 9.99. The van der Waals surface area contributed by atoms with Crippen molar-refractivity contribution in [3.05, 3.63) is 95.6 Å². The molecule has 6 heteroatoms. The van der Waals surface area contributed by atoms with Gasteiger partial charge in [0.25, 0.3) is 0 Å². The summed E-state index contributed by atoms with van der Waals surface area (Å²) in [5.41, 5.74) is 2.84. The maximum atomic E-state index is 12.9. The Bertz CT molecular complexity index is 992. The van der Waals surface area contributed by atoms with Crippen LogP contribution in [0.25, 0.3) is 0 Å². The molecular weight excluding hydrogens is 432 g/mol. The van der Waals surface area contributed by atoms with Crippen LogP contribution < -0.4 is 9.47 Å². The Hall–Kier alpha value is -3.80. The Morgan fingerprint density at radius 1 is 0.647 bits per heavy atom. The highest BCUT2D eigenvalue weighted by molar-refractivity contribution is 5.95. The molecule has 0 aliphatic carbocycles. The highest BCUT2D eigenvalue weighted by atomic mass is 16.6. The van der Waals surface area contributed by atoms with Crippen LogP contribution >= 0.6 is 0 Å². The van der Waals surface area contributed by atoms with Gasteiger partial charge >= 0.3 is 11.9 Å². The number of methoxy groups -OCH3 is 2. The zero-order chi connectivity index (χ0) is 24.2. The van der Waals surface area contributed by atoms with E-state index in [0.717, 1.165) is 16.7 Å². The SMILES string of the molecule is COc1ccc(CC(C(=O)OCCc2ccccc2)C(=O)OCCc2ccccc2)cc1OC. The van der Waals surface area contributed by atoms with Crippen molar-refractivity contribution in [2.45, 2.75) is 19.3 Å². The molecule has 0 radical (unpaired) electrons. The molecule has 0 heterocycles. The monoisotopic (exact) mass is 462 g/mol. The van der Waals surface area contributed by atoms with Gasteiger partial charge in [0.2, 0.25) is 0 Å². The molecule has 34 heavy (non-hydrogen) atoms. The van der Waals surface area contributed by atoms with Crippen LogP contribution in [0.2, 0.25) is 0 Å². The Morgan fingerprint density at radius 2 is 1.15 bits per heavy atom. The third-order valence-electron chi connectivity index (χ3n) is 5.41. The number of carbonyl (C=O) groups excluding carboxylic acids is 2. The zero-order valence-corrected chi connectivity index (χ0v) is 19.6. The summed E-state index contributed by atoms with van der Waals surface area (Å²) in [6.45, 7) is 0.366. The minimum absolute atomic E-state index is 0.134. The van der Waals surface area contributed by atoms with Gasteiger partial charge in [-0.15, -0.1) is 0 Å². The number of carbonyl (C=O) groups is 2. The normalized spacial score (nSPS) is 10.6. The molecule has 0 aromatic heterocycles. The summed E-state index contributed by atoms with van der Waals surface area (Å²) < 4.78 is 21.6. The van der Waals surface area contributed by atoms with Gasteiger partial charge in [-0.2, -0.15) is 0 Å². The Balaban J connectivity index is 1.66. The van der Waals surface area contributed by atoms with Crippen LogP contribution in [0.5, 0.6) is 11.5 Å². The largest absolute Gasteiger partial charge is 0.493 e. The van der Waals surface area contributed by atoms with Crippen LogP contribution in [0.1, 0.15) is 16.7 Å². The summed E-state index contributed by atoms with van der Waals surface area (Å²) in [7, 11) is 3.09. The minimum Gasteiger partial charge on any atom is -0.493 e. The molecule has 0 atom stereocenters.